The standard InChI is InChI=1S/C16H21FN6/c1-8-9-4-3-5-10(9)13-14(18-2)22-16(23-15(13)20-8)21-12-7-19-6-11(12)17/h11-12,19H,3-7H2,1-2H3,(H2,18,20,21,22,23). The van der Waals surface area contributed by atoms with Crippen LogP contribution in [0.15, 0.2) is 0 Å². The molecule has 3 N–H and O–H groups in total. The van der Waals surface area contributed by atoms with Crippen LogP contribution in [0.4, 0.5) is 16.2 Å². The SMILES string of the molecule is CNc1nc(NC2CNCC2F)nc2nc(C)c3c(c12)CCC3. The van der Waals surface area contributed by atoms with E-state index in [1.165, 1.54) is 11.1 Å². The summed E-state index contributed by atoms with van der Waals surface area (Å²) < 4.78 is 13.8. The van der Waals surface area contributed by atoms with Crippen molar-refractivity contribution in [2.75, 3.05) is 30.8 Å². The number of nitrogens with zero attached hydrogens (tertiary/aromatic N) is 3. The van der Waals surface area contributed by atoms with E-state index >= 15 is 0 Å². The molecule has 1 aliphatic heterocycles. The van der Waals surface area contributed by atoms with Crippen LogP contribution in [0.3, 0.4) is 0 Å². The lowest BCUT2D eigenvalue weighted by Gasteiger charge is -2.17. The van der Waals surface area contributed by atoms with E-state index in [0.717, 1.165) is 36.2 Å². The van der Waals surface area contributed by atoms with Crippen LogP contribution in [0, 0.1) is 6.92 Å². The Hall–Kier alpha value is -2.02. The molecule has 0 saturated carbocycles. The molecule has 7 heteroatoms. The summed E-state index contributed by atoms with van der Waals surface area (Å²) in [5, 5.41) is 10.3. The Bertz CT molecular complexity index is 762. The van der Waals surface area contributed by atoms with Crippen molar-refractivity contribution in [3.63, 3.8) is 0 Å². The number of hydrogen-bond donors (Lipinski definition) is 3. The summed E-state index contributed by atoms with van der Waals surface area (Å²) in [6.07, 6.45) is 2.34. The Kier molecular flexibility index (Phi) is 3.52. The second kappa shape index (κ2) is 5.56. The van der Waals surface area contributed by atoms with Gasteiger partial charge in [-0.05, 0) is 37.3 Å². The van der Waals surface area contributed by atoms with Crippen LogP contribution in [0.1, 0.15) is 23.2 Å². The average Bonchev–Trinajstić information content (AvgIpc) is 3.16. The molecule has 1 saturated heterocycles. The first-order valence-corrected chi connectivity index (χ1v) is 8.16. The first kappa shape index (κ1) is 14.6. The van der Waals surface area contributed by atoms with E-state index < -0.39 is 6.17 Å². The summed E-state index contributed by atoms with van der Waals surface area (Å²) in [6.45, 7) is 2.99. The van der Waals surface area contributed by atoms with Gasteiger partial charge in [0.1, 0.15) is 12.0 Å². The molecule has 2 aromatic heterocycles. The highest BCUT2D eigenvalue weighted by Crippen LogP contribution is 2.34. The molecule has 2 aliphatic rings. The minimum absolute atomic E-state index is 0.298. The van der Waals surface area contributed by atoms with Gasteiger partial charge in [-0.1, -0.05) is 0 Å². The van der Waals surface area contributed by atoms with Crippen molar-refractivity contribution < 1.29 is 4.39 Å². The normalized spacial score (nSPS) is 23.3. The lowest BCUT2D eigenvalue weighted by atomic mass is 10.1. The maximum Gasteiger partial charge on any atom is 0.227 e. The van der Waals surface area contributed by atoms with Gasteiger partial charge in [-0.3, -0.25) is 0 Å². The molecular formula is C16H21FN6. The highest BCUT2D eigenvalue weighted by molar-refractivity contribution is 5.92. The van der Waals surface area contributed by atoms with Gasteiger partial charge in [0.15, 0.2) is 5.65 Å². The van der Waals surface area contributed by atoms with Gasteiger partial charge >= 0.3 is 0 Å². The number of aryl methyl sites for hydroxylation is 2. The maximum absolute atomic E-state index is 13.8. The van der Waals surface area contributed by atoms with Gasteiger partial charge in [-0.15, -0.1) is 0 Å². The number of anilines is 2. The number of hydrogen-bond acceptors (Lipinski definition) is 6. The maximum atomic E-state index is 13.8. The third kappa shape index (κ3) is 2.39. The summed E-state index contributed by atoms with van der Waals surface area (Å²) in [5.41, 5.74) is 4.38. The molecule has 0 aromatic carbocycles. The number of fused-ring (bicyclic) bond motifs is 3. The molecule has 1 aliphatic carbocycles. The fourth-order valence-electron chi connectivity index (χ4n) is 3.65. The quantitative estimate of drug-likeness (QED) is 0.798. The Labute approximate surface area is 134 Å². The second-order valence-corrected chi connectivity index (χ2v) is 6.28. The molecule has 3 heterocycles. The molecule has 4 rings (SSSR count). The zero-order chi connectivity index (χ0) is 16.0. The third-order valence-corrected chi connectivity index (χ3v) is 4.81. The summed E-state index contributed by atoms with van der Waals surface area (Å²) in [5.74, 6) is 1.20. The van der Waals surface area contributed by atoms with Crippen molar-refractivity contribution in [3.8, 4) is 0 Å². The Morgan fingerprint density at radius 2 is 1.96 bits per heavy atom. The molecule has 2 aromatic rings. The lowest BCUT2D eigenvalue weighted by molar-refractivity contribution is 0.342. The van der Waals surface area contributed by atoms with Crippen LogP contribution >= 0.6 is 0 Å². The lowest BCUT2D eigenvalue weighted by Crippen LogP contribution is -2.30. The van der Waals surface area contributed by atoms with E-state index in [1.807, 2.05) is 14.0 Å². The molecule has 6 nitrogen and oxygen atoms in total. The van der Waals surface area contributed by atoms with Crippen LogP contribution < -0.4 is 16.0 Å². The van der Waals surface area contributed by atoms with Crippen LogP contribution in [0.25, 0.3) is 11.0 Å². The zero-order valence-electron chi connectivity index (χ0n) is 13.4. The first-order valence-electron chi connectivity index (χ1n) is 8.16. The largest absolute Gasteiger partial charge is 0.372 e. The summed E-state index contributed by atoms with van der Waals surface area (Å²) in [6, 6.07) is -0.298. The molecule has 1 fully saturated rings. The predicted octanol–water partition coefficient (Wildman–Crippen LogP) is 1.59. The van der Waals surface area contributed by atoms with E-state index in [0.29, 0.717) is 24.7 Å². The number of rotatable bonds is 3. The summed E-state index contributed by atoms with van der Waals surface area (Å²) in [7, 11) is 1.85. The van der Waals surface area contributed by atoms with E-state index in [-0.39, 0.29) is 6.04 Å². The molecule has 2 atom stereocenters. The van der Waals surface area contributed by atoms with Crippen molar-refractivity contribution in [2.45, 2.75) is 38.4 Å². The Morgan fingerprint density at radius 1 is 1.13 bits per heavy atom. The highest BCUT2D eigenvalue weighted by atomic mass is 19.1. The van der Waals surface area contributed by atoms with Gasteiger partial charge in [-0.2, -0.15) is 9.97 Å². The number of aromatic nitrogens is 3. The topological polar surface area (TPSA) is 74.8 Å². The van der Waals surface area contributed by atoms with Gasteiger partial charge in [0.05, 0.1) is 11.4 Å². The molecule has 0 amide bonds. The van der Waals surface area contributed by atoms with Crippen LogP contribution in [-0.4, -0.2) is 47.3 Å². The van der Waals surface area contributed by atoms with Crippen molar-refractivity contribution in [3.05, 3.63) is 16.8 Å². The molecule has 0 bridgehead atoms. The van der Waals surface area contributed by atoms with E-state index in [9.17, 15) is 4.39 Å². The van der Waals surface area contributed by atoms with Gasteiger partial charge in [0.2, 0.25) is 5.95 Å². The second-order valence-electron chi connectivity index (χ2n) is 6.28. The number of halogens is 1. The Morgan fingerprint density at radius 3 is 2.70 bits per heavy atom. The van der Waals surface area contributed by atoms with Crippen LogP contribution in [0.2, 0.25) is 0 Å². The predicted molar refractivity (Wildman–Crippen MR) is 88.8 cm³/mol. The minimum atomic E-state index is -0.929. The van der Waals surface area contributed by atoms with Crippen molar-refractivity contribution in [2.24, 2.45) is 0 Å². The molecule has 0 radical (unpaired) electrons. The van der Waals surface area contributed by atoms with Crippen molar-refractivity contribution in [1.29, 1.82) is 0 Å². The van der Waals surface area contributed by atoms with Crippen LogP contribution in [0.5, 0.6) is 0 Å². The molecular weight excluding hydrogens is 295 g/mol. The van der Waals surface area contributed by atoms with E-state index in [1.54, 1.807) is 0 Å². The average molecular weight is 316 g/mol. The van der Waals surface area contributed by atoms with Crippen molar-refractivity contribution in [1.82, 2.24) is 20.3 Å². The Balaban J connectivity index is 1.81. The van der Waals surface area contributed by atoms with E-state index in [2.05, 4.69) is 30.9 Å². The number of pyridine rings is 1. The molecule has 23 heavy (non-hydrogen) atoms. The third-order valence-electron chi connectivity index (χ3n) is 4.81. The van der Waals surface area contributed by atoms with Gasteiger partial charge in [0.25, 0.3) is 0 Å². The molecule has 122 valence electrons. The zero-order valence-corrected chi connectivity index (χ0v) is 13.4. The number of nitrogens with one attached hydrogen (secondary N) is 3. The fourth-order valence-corrected chi connectivity index (χ4v) is 3.65. The first-order chi connectivity index (χ1) is 11.2. The summed E-state index contributed by atoms with van der Waals surface area (Å²) in [4.78, 5) is 13.8. The summed E-state index contributed by atoms with van der Waals surface area (Å²) >= 11 is 0. The fraction of sp³-hybridized carbons (Fsp3) is 0.562. The number of alkyl halides is 1. The van der Waals surface area contributed by atoms with Gasteiger partial charge in [0, 0.05) is 25.8 Å². The van der Waals surface area contributed by atoms with Crippen LogP contribution in [-0.2, 0) is 12.8 Å². The molecule has 0 spiro atoms. The van der Waals surface area contributed by atoms with Crippen molar-refractivity contribution >= 4 is 22.8 Å². The highest BCUT2D eigenvalue weighted by Gasteiger charge is 2.28. The van der Waals surface area contributed by atoms with Gasteiger partial charge in [-0.25, -0.2) is 9.37 Å². The van der Waals surface area contributed by atoms with E-state index in [4.69, 9.17) is 0 Å². The molecule has 2 unspecified atom stereocenters. The minimum Gasteiger partial charge on any atom is -0.372 e. The van der Waals surface area contributed by atoms with Gasteiger partial charge < -0.3 is 16.0 Å². The monoisotopic (exact) mass is 316 g/mol. The smallest absolute Gasteiger partial charge is 0.227 e.